The van der Waals surface area contributed by atoms with Crippen molar-refractivity contribution in [2.75, 3.05) is 30.8 Å². The summed E-state index contributed by atoms with van der Waals surface area (Å²) in [6.07, 6.45) is 3.06. The summed E-state index contributed by atoms with van der Waals surface area (Å²) in [5.74, 6) is 0.792. The van der Waals surface area contributed by atoms with Crippen molar-refractivity contribution in [2.24, 2.45) is 0 Å². The Morgan fingerprint density at radius 2 is 2.16 bits per heavy atom. The number of halogens is 1. The monoisotopic (exact) mass is 376 g/mol. The molecule has 2 aromatic rings. The van der Waals surface area contributed by atoms with Crippen LogP contribution in [0.3, 0.4) is 0 Å². The van der Waals surface area contributed by atoms with E-state index in [4.69, 9.17) is 16.6 Å². The summed E-state index contributed by atoms with van der Waals surface area (Å²) in [6, 6.07) is 10.2. The molecule has 2 aliphatic rings. The van der Waals surface area contributed by atoms with Crippen molar-refractivity contribution in [3.05, 3.63) is 46.6 Å². The lowest BCUT2D eigenvalue weighted by Crippen LogP contribution is -2.58. The van der Waals surface area contributed by atoms with Crippen molar-refractivity contribution in [1.29, 1.82) is 0 Å². The van der Waals surface area contributed by atoms with Crippen LogP contribution in [-0.4, -0.2) is 47.0 Å². The molecule has 0 amide bonds. The molecule has 1 fully saturated rings. The van der Waals surface area contributed by atoms with Gasteiger partial charge in [0.15, 0.2) is 5.16 Å². The fourth-order valence-electron chi connectivity index (χ4n) is 3.91. The van der Waals surface area contributed by atoms with Crippen LogP contribution in [0.15, 0.2) is 35.5 Å². The standard InChI is InChI=1S/C18H21ClN4OS/c1-25-17-21-15(19)14-16(22-17)23-8-7-20-11-13(23)10-18(14,24)9-12-5-3-2-4-6-12/h2-6,13,20,24H,7-11H2,1H3/t13-,18?/m1/s1. The molecule has 0 bridgehead atoms. The molecule has 2 N–H and O–H groups in total. The zero-order chi connectivity index (χ0) is 17.4. The van der Waals surface area contributed by atoms with E-state index in [2.05, 4.69) is 15.2 Å². The molecule has 0 saturated carbocycles. The number of rotatable bonds is 3. The van der Waals surface area contributed by atoms with Crippen molar-refractivity contribution in [3.63, 3.8) is 0 Å². The maximum Gasteiger partial charge on any atom is 0.190 e. The van der Waals surface area contributed by atoms with E-state index in [-0.39, 0.29) is 6.04 Å². The Balaban J connectivity index is 1.83. The lowest BCUT2D eigenvalue weighted by molar-refractivity contribution is 0.0122. The highest BCUT2D eigenvalue weighted by Crippen LogP contribution is 2.45. The Morgan fingerprint density at radius 1 is 1.36 bits per heavy atom. The number of nitrogens with one attached hydrogen (secondary N) is 1. The number of thioether (sulfide) groups is 1. The fraction of sp³-hybridized carbons (Fsp3) is 0.444. The van der Waals surface area contributed by atoms with E-state index in [9.17, 15) is 5.11 Å². The van der Waals surface area contributed by atoms with Gasteiger partial charge in [0, 0.05) is 38.5 Å². The molecule has 1 aromatic heterocycles. The Bertz CT molecular complexity index is 775. The van der Waals surface area contributed by atoms with E-state index in [1.54, 1.807) is 0 Å². The zero-order valence-corrected chi connectivity index (χ0v) is 15.6. The largest absolute Gasteiger partial charge is 0.384 e. The first-order valence-electron chi connectivity index (χ1n) is 8.46. The van der Waals surface area contributed by atoms with Gasteiger partial charge in [-0.05, 0) is 11.8 Å². The van der Waals surface area contributed by atoms with Crippen LogP contribution >= 0.6 is 23.4 Å². The average Bonchev–Trinajstić information content (AvgIpc) is 2.61. The molecule has 7 heteroatoms. The van der Waals surface area contributed by atoms with Crippen molar-refractivity contribution in [2.45, 2.75) is 29.6 Å². The quantitative estimate of drug-likeness (QED) is 0.487. The molecule has 25 heavy (non-hydrogen) atoms. The first-order valence-corrected chi connectivity index (χ1v) is 10.1. The Morgan fingerprint density at radius 3 is 2.92 bits per heavy atom. The van der Waals surface area contributed by atoms with E-state index in [1.807, 2.05) is 36.6 Å². The van der Waals surface area contributed by atoms with Gasteiger partial charge < -0.3 is 15.3 Å². The van der Waals surface area contributed by atoms with Crippen LogP contribution in [0.25, 0.3) is 0 Å². The Labute approximate surface area is 156 Å². The van der Waals surface area contributed by atoms with E-state index >= 15 is 0 Å². The Hall–Kier alpha value is -1.34. The van der Waals surface area contributed by atoms with Crippen LogP contribution in [0.2, 0.25) is 5.15 Å². The number of aromatic nitrogens is 2. The number of hydrogen-bond donors (Lipinski definition) is 2. The Kier molecular flexibility index (Phi) is 4.62. The van der Waals surface area contributed by atoms with Gasteiger partial charge in [-0.1, -0.05) is 53.7 Å². The molecule has 5 nitrogen and oxygen atoms in total. The molecule has 0 spiro atoms. The highest BCUT2D eigenvalue weighted by molar-refractivity contribution is 7.98. The number of fused-ring (bicyclic) bond motifs is 3. The average molecular weight is 377 g/mol. The number of nitrogens with zero attached hydrogens (tertiary/aromatic N) is 3. The number of hydrogen-bond acceptors (Lipinski definition) is 6. The second-order valence-electron chi connectivity index (χ2n) is 6.65. The van der Waals surface area contributed by atoms with Crippen LogP contribution < -0.4 is 10.2 Å². The highest BCUT2D eigenvalue weighted by atomic mass is 35.5. The third kappa shape index (κ3) is 3.12. The lowest BCUT2D eigenvalue weighted by Gasteiger charge is -2.47. The van der Waals surface area contributed by atoms with Crippen LogP contribution in [0, 0.1) is 0 Å². The molecule has 0 radical (unpaired) electrons. The number of benzene rings is 1. The van der Waals surface area contributed by atoms with Gasteiger partial charge in [-0.15, -0.1) is 0 Å². The van der Waals surface area contributed by atoms with Crippen LogP contribution in [0.5, 0.6) is 0 Å². The van der Waals surface area contributed by atoms with Crippen molar-refractivity contribution in [1.82, 2.24) is 15.3 Å². The predicted molar refractivity (Wildman–Crippen MR) is 101 cm³/mol. The van der Waals surface area contributed by atoms with Gasteiger partial charge >= 0.3 is 0 Å². The minimum atomic E-state index is -1.06. The third-order valence-electron chi connectivity index (χ3n) is 5.01. The summed E-state index contributed by atoms with van der Waals surface area (Å²) in [6.45, 7) is 2.61. The highest BCUT2D eigenvalue weighted by Gasteiger charge is 2.46. The number of aliphatic hydroxyl groups is 1. The SMILES string of the molecule is CSc1nc(Cl)c2c(n1)N1CCNC[C@H]1CC2(O)Cc1ccccc1. The van der Waals surface area contributed by atoms with Crippen molar-refractivity contribution >= 4 is 29.2 Å². The molecule has 3 heterocycles. The second kappa shape index (κ2) is 6.76. The molecule has 4 rings (SSSR count). The smallest absolute Gasteiger partial charge is 0.190 e. The minimum Gasteiger partial charge on any atom is -0.384 e. The van der Waals surface area contributed by atoms with Gasteiger partial charge in [-0.25, -0.2) is 9.97 Å². The van der Waals surface area contributed by atoms with Gasteiger partial charge in [0.25, 0.3) is 0 Å². The molecular formula is C18H21ClN4OS. The number of piperazine rings is 1. The molecular weight excluding hydrogens is 356 g/mol. The predicted octanol–water partition coefficient (Wildman–Crippen LogP) is 2.46. The maximum atomic E-state index is 11.6. The van der Waals surface area contributed by atoms with Gasteiger partial charge in [0.1, 0.15) is 16.6 Å². The summed E-state index contributed by atoms with van der Waals surface area (Å²) >= 11 is 8.01. The van der Waals surface area contributed by atoms with E-state index in [1.165, 1.54) is 11.8 Å². The zero-order valence-electron chi connectivity index (χ0n) is 14.1. The first-order chi connectivity index (χ1) is 12.1. The summed E-state index contributed by atoms with van der Waals surface area (Å²) < 4.78 is 0. The van der Waals surface area contributed by atoms with E-state index in [0.717, 1.165) is 31.0 Å². The minimum absolute atomic E-state index is 0.204. The van der Waals surface area contributed by atoms with E-state index in [0.29, 0.717) is 28.7 Å². The fourth-order valence-corrected chi connectivity index (χ4v) is 4.66. The van der Waals surface area contributed by atoms with E-state index < -0.39 is 5.60 Å². The van der Waals surface area contributed by atoms with Crippen LogP contribution in [0.1, 0.15) is 17.5 Å². The topological polar surface area (TPSA) is 61.3 Å². The van der Waals surface area contributed by atoms with Gasteiger partial charge in [-0.3, -0.25) is 0 Å². The second-order valence-corrected chi connectivity index (χ2v) is 7.78. The molecule has 2 aliphatic heterocycles. The third-order valence-corrected chi connectivity index (χ3v) is 5.83. The van der Waals surface area contributed by atoms with Crippen LogP contribution in [-0.2, 0) is 12.0 Å². The molecule has 1 unspecified atom stereocenters. The molecule has 132 valence electrons. The summed E-state index contributed by atoms with van der Waals surface area (Å²) in [4.78, 5) is 11.4. The molecule has 1 saturated heterocycles. The summed E-state index contributed by atoms with van der Waals surface area (Å²) in [5.41, 5.74) is 0.692. The van der Waals surface area contributed by atoms with Crippen molar-refractivity contribution < 1.29 is 5.11 Å². The maximum absolute atomic E-state index is 11.6. The summed E-state index contributed by atoms with van der Waals surface area (Å²) in [5, 5.41) is 16.1. The van der Waals surface area contributed by atoms with Crippen LogP contribution in [0.4, 0.5) is 5.82 Å². The molecule has 2 atom stereocenters. The molecule has 1 aromatic carbocycles. The lowest BCUT2D eigenvalue weighted by atomic mass is 9.79. The first kappa shape index (κ1) is 17.1. The van der Waals surface area contributed by atoms with Crippen molar-refractivity contribution in [3.8, 4) is 0 Å². The van der Waals surface area contributed by atoms with Gasteiger partial charge in [-0.2, -0.15) is 0 Å². The van der Waals surface area contributed by atoms with Gasteiger partial charge in [0.2, 0.25) is 0 Å². The number of anilines is 1. The van der Waals surface area contributed by atoms with Gasteiger partial charge in [0.05, 0.1) is 5.56 Å². The normalized spacial score (nSPS) is 25.4. The molecule has 0 aliphatic carbocycles. The summed E-state index contributed by atoms with van der Waals surface area (Å²) in [7, 11) is 0.